The number of rotatable bonds is 4. The number of carbonyl (C=O) groups excluding carboxylic acids is 1. The Hall–Kier alpha value is -1.25. The molecule has 0 bridgehead atoms. The van der Waals surface area contributed by atoms with Crippen LogP contribution in [-0.4, -0.2) is 73.6 Å². The summed E-state index contributed by atoms with van der Waals surface area (Å²) in [7, 11) is -3.14. The number of piperidine rings is 1. The maximum atomic E-state index is 12.8. The molecule has 0 radical (unpaired) electrons. The molecular weight excluding hydrogens is 360 g/mol. The van der Waals surface area contributed by atoms with E-state index in [9.17, 15) is 13.2 Å². The molecular formula is C17H24N2O4S2. The molecule has 0 atom stereocenters. The zero-order valence-electron chi connectivity index (χ0n) is 14.4. The molecule has 2 aliphatic rings. The van der Waals surface area contributed by atoms with Gasteiger partial charge in [0.15, 0.2) is 0 Å². The number of hydrogen-bond donors (Lipinski definition) is 0. The second-order valence-electron chi connectivity index (χ2n) is 6.38. The van der Waals surface area contributed by atoms with Crippen molar-refractivity contribution in [3.05, 3.63) is 29.8 Å². The van der Waals surface area contributed by atoms with Gasteiger partial charge in [-0.3, -0.25) is 4.79 Å². The topological polar surface area (TPSA) is 66.9 Å². The molecule has 6 nitrogen and oxygen atoms in total. The lowest BCUT2D eigenvalue weighted by Crippen LogP contribution is -2.41. The first kappa shape index (κ1) is 18.5. The third-order valence-corrected chi connectivity index (χ3v) is 6.83. The first-order valence-corrected chi connectivity index (χ1v) is 11.5. The number of thioether (sulfide) groups is 1. The van der Waals surface area contributed by atoms with Crippen molar-refractivity contribution >= 4 is 27.7 Å². The molecule has 0 aliphatic carbocycles. The molecule has 1 amide bonds. The zero-order chi connectivity index (χ0) is 17.9. The molecule has 0 spiro atoms. The lowest BCUT2D eigenvalue weighted by Gasteiger charge is -2.31. The lowest BCUT2D eigenvalue weighted by atomic mass is 10.1. The van der Waals surface area contributed by atoms with E-state index in [0.29, 0.717) is 37.2 Å². The van der Waals surface area contributed by atoms with Gasteiger partial charge in [-0.05, 0) is 25.0 Å². The van der Waals surface area contributed by atoms with Crippen molar-refractivity contribution in [2.75, 3.05) is 43.9 Å². The number of sulfonamides is 1. The number of benzene rings is 1. The van der Waals surface area contributed by atoms with Gasteiger partial charge in [0, 0.05) is 37.7 Å². The Kier molecular flexibility index (Phi) is 5.91. The number of amides is 1. The second kappa shape index (κ2) is 7.97. The van der Waals surface area contributed by atoms with E-state index in [1.807, 2.05) is 40.9 Å². The summed E-state index contributed by atoms with van der Waals surface area (Å²) in [4.78, 5) is 14.7. The molecule has 2 aliphatic heterocycles. The van der Waals surface area contributed by atoms with Crippen LogP contribution in [0.25, 0.3) is 0 Å². The van der Waals surface area contributed by atoms with E-state index < -0.39 is 10.0 Å². The van der Waals surface area contributed by atoms with Crippen molar-refractivity contribution in [2.24, 2.45) is 0 Å². The Balaban J connectivity index is 1.66. The largest absolute Gasteiger partial charge is 0.489 e. The minimum absolute atomic E-state index is 0.0180. The van der Waals surface area contributed by atoms with Gasteiger partial charge in [-0.1, -0.05) is 12.1 Å². The van der Waals surface area contributed by atoms with Crippen LogP contribution in [0.1, 0.15) is 23.2 Å². The fourth-order valence-corrected chi connectivity index (χ4v) is 4.92. The highest BCUT2D eigenvalue weighted by molar-refractivity contribution is 7.99. The Morgan fingerprint density at radius 1 is 1.12 bits per heavy atom. The molecule has 1 aromatic carbocycles. The molecule has 1 aromatic rings. The lowest BCUT2D eigenvalue weighted by molar-refractivity contribution is 0.0759. The SMILES string of the molecule is CS(=O)(=O)N1CCC(Oc2ccccc2C(=O)N2CCSCC2)CC1. The molecule has 2 heterocycles. The third kappa shape index (κ3) is 4.68. The molecule has 2 saturated heterocycles. The molecule has 25 heavy (non-hydrogen) atoms. The highest BCUT2D eigenvalue weighted by atomic mass is 32.2. The number of carbonyl (C=O) groups is 1. The van der Waals surface area contributed by atoms with Gasteiger partial charge in [0.2, 0.25) is 10.0 Å². The monoisotopic (exact) mass is 384 g/mol. The summed E-state index contributed by atoms with van der Waals surface area (Å²) in [5.41, 5.74) is 0.597. The van der Waals surface area contributed by atoms with Crippen LogP contribution in [0.5, 0.6) is 5.75 Å². The van der Waals surface area contributed by atoms with Gasteiger partial charge in [-0.2, -0.15) is 11.8 Å². The van der Waals surface area contributed by atoms with E-state index in [1.165, 1.54) is 10.6 Å². The smallest absolute Gasteiger partial charge is 0.257 e. The van der Waals surface area contributed by atoms with Crippen LogP contribution in [0.15, 0.2) is 24.3 Å². The number of nitrogens with zero attached hydrogens (tertiary/aromatic N) is 2. The number of hydrogen-bond acceptors (Lipinski definition) is 5. The highest BCUT2D eigenvalue weighted by Crippen LogP contribution is 2.25. The van der Waals surface area contributed by atoms with Gasteiger partial charge in [0.1, 0.15) is 11.9 Å². The minimum atomic E-state index is -3.14. The van der Waals surface area contributed by atoms with E-state index in [1.54, 1.807) is 0 Å². The Morgan fingerprint density at radius 3 is 2.40 bits per heavy atom. The summed E-state index contributed by atoms with van der Waals surface area (Å²) in [5, 5.41) is 0. The molecule has 8 heteroatoms. The second-order valence-corrected chi connectivity index (χ2v) is 9.59. The summed E-state index contributed by atoms with van der Waals surface area (Å²) in [6.07, 6.45) is 2.44. The molecule has 3 rings (SSSR count). The van der Waals surface area contributed by atoms with Gasteiger partial charge in [-0.25, -0.2) is 12.7 Å². The van der Waals surface area contributed by atoms with Gasteiger partial charge >= 0.3 is 0 Å². The van der Waals surface area contributed by atoms with E-state index >= 15 is 0 Å². The molecule has 138 valence electrons. The molecule has 0 unspecified atom stereocenters. The standard InChI is InChI=1S/C17H24N2O4S2/c1-25(21,22)19-8-6-14(7-9-19)23-16-5-3-2-4-15(16)17(20)18-10-12-24-13-11-18/h2-5,14H,6-13H2,1H3. The van der Waals surface area contributed by atoms with Crippen LogP contribution in [-0.2, 0) is 10.0 Å². The number of para-hydroxylation sites is 1. The average molecular weight is 385 g/mol. The van der Waals surface area contributed by atoms with Crippen LogP contribution in [0.4, 0.5) is 0 Å². The van der Waals surface area contributed by atoms with Crippen molar-refractivity contribution in [2.45, 2.75) is 18.9 Å². The summed E-state index contributed by atoms with van der Waals surface area (Å²) in [6.45, 7) is 2.46. The normalized spacial score (nSPS) is 20.4. The Morgan fingerprint density at radius 2 is 1.76 bits per heavy atom. The van der Waals surface area contributed by atoms with Gasteiger partial charge < -0.3 is 9.64 Å². The molecule has 0 N–H and O–H groups in total. The molecule has 0 aromatic heterocycles. The fourth-order valence-electron chi connectivity index (χ4n) is 3.14. The average Bonchev–Trinajstić information content (AvgIpc) is 2.62. The summed E-state index contributed by atoms with van der Waals surface area (Å²) < 4.78 is 30.8. The number of ether oxygens (including phenoxy) is 1. The maximum Gasteiger partial charge on any atom is 0.257 e. The van der Waals surface area contributed by atoms with Crippen molar-refractivity contribution in [3.8, 4) is 5.75 Å². The van der Waals surface area contributed by atoms with Crippen molar-refractivity contribution in [1.29, 1.82) is 0 Å². The van der Waals surface area contributed by atoms with Gasteiger partial charge in [-0.15, -0.1) is 0 Å². The zero-order valence-corrected chi connectivity index (χ0v) is 16.0. The van der Waals surface area contributed by atoms with Crippen LogP contribution in [0.3, 0.4) is 0 Å². The molecule has 0 saturated carbocycles. The van der Waals surface area contributed by atoms with E-state index in [0.717, 1.165) is 24.6 Å². The first-order chi connectivity index (χ1) is 11.9. The van der Waals surface area contributed by atoms with E-state index in [-0.39, 0.29) is 12.0 Å². The highest BCUT2D eigenvalue weighted by Gasteiger charge is 2.27. The summed E-state index contributed by atoms with van der Waals surface area (Å²) in [5.74, 6) is 2.56. The summed E-state index contributed by atoms with van der Waals surface area (Å²) >= 11 is 1.87. The van der Waals surface area contributed by atoms with Crippen LogP contribution >= 0.6 is 11.8 Å². The maximum absolute atomic E-state index is 12.8. The predicted octanol–water partition coefficient (Wildman–Crippen LogP) is 1.68. The van der Waals surface area contributed by atoms with E-state index in [4.69, 9.17) is 4.74 Å². The first-order valence-electron chi connectivity index (χ1n) is 8.53. The fraction of sp³-hybridized carbons (Fsp3) is 0.588. The molecule has 2 fully saturated rings. The Bertz CT molecular complexity index is 709. The predicted molar refractivity (Wildman–Crippen MR) is 99.7 cm³/mol. The Labute approximate surface area is 153 Å². The quantitative estimate of drug-likeness (QED) is 0.790. The van der Waals surface area contributed by atoms with Gasteiger partial charge in [0.25, 0.3) is 5.91 Å². The van der Waals surface area contributed by atoms with Crippen molar-refractivity contribution in [1.82, 2.24) is 9.21 Å². The van der Waals surface area contributed by atoms with Crippen molar-refractivity contribution in [3.63, 3.8) is 0 Å². The summed E-state index contributed by atoms with van der Waals surface area (Å²) in [6, 6.07) is 7.36. The minimum Gasteiger partial charge on any atom is -0.489 e. The van der Waals surface area contributed by atoms with Crippen molar-refractivity contribution < 1.29 is 17.9 Å². The van der Waals surface area contributed by atoms with Crippen LogP contribution < -0.4 is 4.74 Å². The van der Waals surface area contributed by atoms with Crippen LogP contribution in [0, 0.1) is 0 Å². The van der Waals surface area contributed by atoms with Crippen LogP contribution in [0.2, 0.25) is 0 Å². The third-order valence-electron chi connectivity index (χ3n) is 4.58. The van der Waals surface area contributed by atoms with E-state index in [2.05, 4.69) is 0 Å². The van der Waals surface area contributed by atoms with Gasteiger partial charge in [0.05, 0.1) is 11.8 Å².